The lowest BCUT2D eigenvalue weighted by Crippen LogP contribution is -2.10. The first-order chi connectivity index (χ1) is 9.58. The fourth-order valence-corrected chi connectivity index (χ4v) is 3.01. The highest BCUT2D eigenvalue weighted by atomic mass is 35.5. The molecule has 1 aliphatic carbocycles. The predicted molar refractivity (Wildman–Crippen MR) is 85.5 cm³/mol. The van der Waals surface area contributed by atoms with Crippen LogP contribution in [0.15, 0.2) is 0 Å². The van der Waals surface area contributed by atoms with Gasteiger partial charge in [0, 0.05) is 18.0 Å². The van der Waals surface area contributed by atoms with E-state index in [2.05, 4.69) is 29.1 Å². The third kappa shape index (κ3) is 4.08. The number of hydrogen-bond donors (Lipinski definition) is 1. The molecule has 0 aromatic carbocycles. The van der Waals surface area contributed by atoms with E-state index in [0.29, 0.717) is 11.1 Å². The first kappa shape index (κ1) is 15.6. The highest BCUT2D eigenvalue weighted by molar-refractivity contribution is 6.30. The summed E-state index contributed by atoms with van der Waals surface area (Å²) in [6.07, 6.45) is 8.25. The van der Waals surface area contributed by atoms with Crippen LogP contribution in [0.25, 0.3) is 0 Å². The molecule has 112 valence electrons. The van der Waals surface area contributed by atoms with Gasteiger partial charge in [0.15, 0.2) is 0 Å². The summed E-state index contributed by atoms with van der Waals surface area (Å²) < 4.78 is 0. The van der Waals surface area contributed by atoms with Gasteiger partial charge in [-0.05, 0) is 25.7 Å². The van der Waals surface area contributed by atoms with Gasteiger partial charge in [0.25, 0.3) is 0 Å². The maximum absolute atomic E-state index is 6.19. The topological polar surface area (TPSA) is 37.8 Å². The summed E-state index contributed by atoms with van der Waals surface area (Å²) in [5.74, 6) is 2.98. The van der Waals surface area contributed by atoms with Crippen LogP contribution in [0.1, 0.15) is 69.7 Å². The molecule has 1 N–H and O–H groups in total. The highest BCUT2D eigenvalue weighted by Crippen LogP contribution is 2.28. The van der Waals surface area contributed by atoms with Gasteiger partial charge in [0.05, 0.1) is 0 Å². The molecule has 4 heteroatoms. The quantitative estimate of drug-likeness (QED) is 0.596. The zero-order valence-electron chi connectivity index (χ0n) is 12.9. The molecule has 0 unspecified atom stereocenters. The van der Waals surface area contributed by atoms with E-state index in [1.54, 1.807) is 0 Å². The normalized spacial score (nSPS) is 16.1. The molecule has 0 amide bonds. The van der Waals surface area contributed by atoms with E-state index in [-0.39, 0.29) is 0 Å². The van der Waals surface area contributed by atoms with E-state index in [1.165, 1.54) is 38.5 Å². The second kappa shape index (κ2) is 7.26. The molecule has 0 saturated heterocycles. The molecule has 2 rings (SSSR count). The highest BCUT2D eigenvalue weighted by Gasteiger charge is 2.15. The van der Waals surface area contributed by atoms with Gasteiger partial charge >= 0.3 is 0 Å². The Morgan fingerprint density at radius 3 is 2.60 bits per heavy atom. The monoisotopic (exact) mass is 295 g/mol. The second-order valence-corrected chi connectivity index (χ2v) is 6.58. The lowest BCUT2D eigenvalue weighted by Gasteiger charge is -2.14. The van der Waals surface area contributed by atoms with Crippen LogP contribution >= 0.6 is 11.6 Å². The number of nitrogens with zero attached hydrogens (tertiary/aromatic N) is 2. The van der Waals surface area contributed by atoms with Crippen LogP contribution in [0.4, 0.5) is 5.82 Å². The molecule has 1 aliphatic rings. The Bertz CT molecular complexity index is 440. The van der Waals surface area contributed by atoms with Crippen LogP contribution in [-0.2, 0) is 0 Å². The molecule has 0 atom stereocenters. The fraction of sp³-hybridized carbons (Fsp3) is 0.750. The van der Waals surface area contributed by atoms with Gasteiger partial charge in [-0.15, -0.1) is 0 Å². The van der Waals surface area contributed by atoms with Gasteiger partial charge in [-0.1, -0.05) is 51.1 Å². The third-order valence-electron chi connectivity index (χ3n) is 4.18. The third-order valence-corrected chi connectivity index (χ3v) is 4.54. The molecule has 0 spiro atoms. The molecular weight excluding hydrogens is 270 g/mol. The summed E-state index contributed by atoms with van der Waals surface area (Å²) in [4.78, 5) is 8.93. The first-order valence-electron chi connectivity index (χ1n) is 7.86. The molecular formula is C16H26ClN3. The number of rotatable bonds is 6. The van der Waals surface area contributed by atoms with Gasteiger partial charge in [0.2, 0.25) is 0 Å². The van der Waals surface area contributed by atoms with Gasteiger partial charge in [0.1, 0.15) is 16.8 Å². The molecule has 0 radical (unpaired) electrons. The molecule has 20 heavy (non-hydrogen) atoms. The Morgan fingerprint density at radius 2 is 1.95 bits per heavy atom. The number of anilines is 1. The van der Waals surface area contributed by atoms with Crippen LogP contribution in [0.3, 0.4) is 0 Å². The molecule has 1 heterocycles. The minimum atomic E-state index is 0.298. The SMILES string of the molecule is Cc1c(Cl)nc(C(C)C)nc1NCCCC1CCCC1. The zero-order chi connectivity index (χ0) is 14.5. The van der Waals surface area contributed by atoms with Crippen molar-refractivity contribution in [2.24, 2.45) is 5.92 Å². The number of aromatic nitrogens is 2. The van der Waals surface area contributed by atoms with Crippen molar-refractivity contribution in [2.75, 3.05) is 11.9 Å². The number of hydrogen-bond acceptors (Lipinski definition) is 3. The van der Waals surface area contributed by atoms with Crippen molar-refractivity contribution in [1.29, 1.82) is 0 Å². The van der Waals surface area contributed by atoms with E-state index in [0.717, 1.165) is 29.7 Å². The molecule has 1 saturated carbocycles. The van der Waals surface area contributed by atoms with Gasteiger partial charge in [-0.25, -0.2) is 9.97 Å². The second-order valence-electron chi connectivity index (χ2n) is 6.22. The van der Waals surface area contributed by atoms with Crippen molar-refractivity contribution in [3.05, 3.63) is 16.5 Å². The van der Waals surface area contributed by atoms with Gasteiger partial charge in [-0.3, -0.25) is 0 Å². The van der Waals surface area contributed by atoms with E-state index in [1.807, 2.05) is 6.92 Å². The van der Waals surface area contributed by atoms with Crippen LogP contribution < -0.4 is 5.32 Å². The molecule has 0 bridgehead atoms. The summed E-state index contributed by atoms with van der Waals surface area (Å²) in [6, 6.07) is 0. The average Bonchev–Trinajstić information content (AvgIpc) is 2.92. The Hall–Kier alpha value is -0.830. The van der Waals surface area contributed by atoms with Crippen molar-refractivity contribution in [3.8, 4) is 0 Å². The minimum absolute atomic E-state index is 0.298. The summed E-state index contributed by atoms with van der Waals surface area (Å²) in [7, 11) is 0. The standard InChI is InChI=1S/C16H26ClN3/c1-11(2)15-19-14(17)12(3)16(20-15)18-10-6-9-13-7-4-5-8-13/h11,13H,4-10H2,1-3H3,(H,18,19,20). The van der Waals surface area contributed by atoms with Crippen LogP contribution in [0.2, 0.25) is 5.15 Å². The maximum Gasteiger partial charge on any atom is 0.137 e. The summed E-state index contributed by atoms with van der Waals surface area (Å²) >= 11 is 6.19. The van der Waals surface area contributed by atoms with Crippen molar-refractivity contribution in [3.63, 3.8) is 0 Å². The van der Waals surface area contributed by atoms with E-state index in [4.69, 9.17) is 11.6 Å². The van der Waals surface area contributed by atoms with Gasteiger partial charge in [-0.2, -0.15) is 0 Å². The molecule has 0 aliphatic heterocycles. The molecule has 1 aromatic heterocycles. The largest absolute Gasteiger partial charge is 0.370 e. The van der Waals surface area contributed by atoms with Gasteiger partial charge < -0.3 is 5.32 Å². The van der Waals surface area contributed by atoms with Crippen molar-refractivity contribution >= 4 is 17.4 Å². The zero-order valence-corrected chi connectivity index (χ0v) is 13.6. The Kier molecular flexibility index (Phi) is 5.64. The molecule has 1 fully saturated rings. The van der Waals surface area contributed by atoms with E-state index >= 15 is 0 Å². The average molecular weight is 296 g/mol. The minimum Gasteiger partial charge on any atom is -0.370 e. The van der Waals surface area contributed by atoms with E-state index < -0.39 is 0 Å². The van der Waals surface area contributed by atoms with E-state index in [9.17, 15) is 0 Å². The fourth-order valence-electron chi connectivity index (χ4n) is 2.83. The van der Waals surface area contributed by atoms with Crippen LogP contribution in [0.5, 0.6) is 0 Å². The lowest BCUT2D eigenvalue weighted by atomic mass is 10.0. The maximum atomic E-state index is 6.19. The van der Waals surface area contributed by atoms with Crippen molar-refractivity contribution in [1.82, 2.24) is 9.97 Å². The molecule has 3 nitrogen and oxygen atoms in total. The summed E-state index contributed by atoms with van der Waals surface area (Å²) in [5, 5.41) is 4.01. The van der Waals surface area contributed by atoms with Crippen LogP contribution in [0, 0.1) is 12.8 Å². The van der Waals surface area contributed by atoms with Crippen molar-refractivity contribution in [2.45, 2.75) is 65.2 Å². The predicted octanol–water partition coefficient (Wildman–Crippen LogP) is 4.94. The smallest absolute Gasteiger partial charge is 0.137 e. The first-order valence-corrected chi connectivity index (χ1v) is 8.23. The van der Waals surface area contributed by atoms with Crippen LogP contribution in [-0.4, -0.2) is 16.5 Å². The number of halogens is 1. The Morgan fingerprint density at radius 1 is 1.25 bits per heavy atom. The Balaban J connectivity index is 1.87. The Labute approximate surface area is 127 Å². The summed E-state index contributed by atoms with van der Waals surface area (Å²) in [5.41, 5.74) is 0.955. The molecule has 1 aromatic rings. The lowest BCUT2D eigenvalue weighted by molar-refractivity contribution is 0.491. The van der Waals surface area contributed by atoms with Crippen molar-refractivity contribution < 1.29 is 0 Å². The number of nitrogens with one attached hydrogen (secondary N) is 1. The summed E-state index contributed by atoms with van der Waals surface area (Å²) in [6.45, 7) is 7.13.